The fourth-order valence-electron chi connectivity index (χ4n) is 0.232. The summed E-state index contributed by atoms with van der Waals surface area (Å²) >= 11 is 0. The molecular formula is C4H9N2O2. The molecule has 2 N–H and O–H groups in total. The molecule has 0 saturated carbocycles. The molecule has 0 aliphatic rings. The zero-order chi connectivity index (χ0) is 5.70. The summed E-state index contributed by atoms with van der Waals surface area (Å²) in [4.78, 5) is 9.70. The Hall–Kier alpha value is -0.610. The van der Waals surface area contributed by atoms with E-state index in [2.05, 4.69) is 5.32 Å². The molecule has 0 aliphatic heterocycles. The van der Waals surface area contributed by atoms with Gasteiger partial charge in [-0.1, -0.05) is 6.92 Å². The van der Waals surface area contributed by atoms with Gasteiger partial charge in [-0.15, -0.1) is 0 Å². The molecule has 0 saturated heterocycles. The second-order valence-electron chi connectivity index (χ2n) is 1.17. The van der Waals surface area contributed by atoms with Crippen molar-refractivity contribution in [2.45, 2.75) is 6.92 Å². The smallest absolute Gasteiger partial charge is 0.317 e. The number of carbonyl (C=O) groups is 1. The van der Waals surface area contributed by atoms with Crippen LogP contribution in [0.15, 0.2) is 0 Å². The maximum atomic E-state index is 9.70. The van der Waals surface area contributed by atoms with E-state index in [-0.39, 0.29) is 12.7 Å². The van der Waals surface area contributed by atoms with Crippen molar-refractivity contribution in [3.63, 3.8) is 0 Å². The van der Waals surface area contributed by atoms with Gasteiger partial charge in [0.05, 0.1) is 6.54 Å². The number of rotatable bonds is 3. The van der Waals surface area contributed by atoms with Crippen LogP contribution in [-0.2, 0) is 4.79 Å². The van der Waals surface area contributed by atoms with Crippen LogP contribution in [-0.4, -0.2) is 24.2 Å². The van der Waals surface area contributed by atoms with Crippen molar-refractivity contribution in [1.82, 2.24) is 11.5 Å². The molecule has 47 valence electrons. The van der Waals surface area contributed by atoms with Crippen molar-refractivity contribution >= 4 is 5.97 Å². The SMILES string of the molecule is CCNCC(=O)O.[N]. The molecule has 0 aliphatic carbocycles. The van der Waals surface area contributed by atoms with E-state index in [1.807, 2.05) is 6.92 Å². The summed E-state index contributed by atoms with van der Waals surface area (Å²) in [5.74, 6) is -0.804. The lowest BCUT2D eigenvalue weighted by Gasteiger charge is -1.90. The van der Waals surface area contributed by atoms with Crippen molar-refractivity contribution in [1.29, 1.82) is 0 Å². The molecule has 4 heteroatoms. The first-order valence-electron chi connectivity index (χ1n) is 2.20. The minimum absolute atomic E-state index is 0. The molecule has 8 heavy (non-hydrogen) atoms. The quantitative estimate of drug-likeness (QED) is 0.507. The van der Waals surface area contributed by atoms with Crippen LogP contribution in [0.4, 0.5) is 0 Å². The number of aliphatic carboxylic acids is 1. The number of nitrogens with zero attached hydrogens (tertiary/aromatic N) is 1. The van der Waals surface area contributed by atoms with E-state index in [1.54, 1.807) is 0 Å². The summed E-state index contributed by atoms with van der Waals surface area (Å²) in [7, 11) is 0. The molecule has 0 spiro atoms. The molecule has 3 radical (unpaired) electrons. The molecule has 0 unspecified atom stereocenters. The fraction of sp³-hybridized carbons (Fsp3) is 0.750. The predicted octanol–water partition coefficient (Wildman–Crippen LogP) is -0.800. The standard InChI is InChI=1S/C4H9NO2.N/c1-2-5-3-4(6)7;/h5H,2-3H2,1H3,(H,6,7);. The maximum absolute atomic E-state index is 9.70. The third kappa shape index (κ3) is 9.04. The minimum Gasteiger partial charge on any atom is -0.480 e. The van der Waals surface area contributed by atoms with E-state index < -0.39 is 5.97 Å². The number of carboxylic acids is 1. The highest BCUT2D eigenvalue weighted by Crippen LogP contribution is 1.56. The fourth-order valence-corrected chi connectivity index (χ4v) is 0.232. The summed E-state index contributed by atoms with van der Waals surface area (Å²) in [5, 5.41) is 10.6. The third-order valence-electron chi connectivity index (χ3n) is 0.526. The van der Waals surface area contributed by atoms with Gasteiger partial charge in [-0.2, -0.15) is 0 Å². The Labute approximate surface area is 48.5 Å². The lowest BCUT2D eigenvalue weighted by molar-refractivity contribution is -0.135. The Kier molecular flexibility index (Phi) is 8.30. The molecule has 0 aromatic carbocycles. The van der Waals surface area contributed by atoms with E-state index in [9.17, 15) is 4.79 Å². The average molecular weight is 117 g/mol. The zero-order valence-corrected chi connectivity index (χ0v) is 4.72. The molecule has 0 aromatic rings. The lowest BCUT2D eigenvalue weighted by atomic mass is 10.6. The van der Waals surface area contributed by atoms with Crippen LogP contribution in [0.25, 0.3) is 0 Å². The van der Waals surface area contributed by atoms with Gasteiger partial charge in [0.15, 0.2) is 0 Å². The molecule has 0 amide bonds. The molecule has 0 rings (SSSR count). The van der Waals surface area contributed by atoms with Gasteiger partial charge >= 0.3 is 5.97 Å². The summed E-state index contributed by atoms with van der Waals surface area (Å²) < 4.78 is 0. The molecule has 0 atom stereocenters. The van der Waals surface area contributed by atoms with Gasteiger partial charge in [0.25, 0.3) is 0 Å². The summed E-state index contributed by atoms with van der Waals surface area (Å²) in [5.41, 5.74) is 0. The third-order valence-corrected chi connectivity index (χ3v) is 0.526. The van der Waals surface area contributed by atoms with Crippen LogP contribution in [0.2, 0.25) is 0 Å². The Morgan fingerprint density at radius 2 is 2.25 bits per heavy atom. The van der Waals surface area contributed by atoms with Gasteiger partial charge in [-0.25, -0.2) is 0 Å². The van der Waals surface area contributed by atoms with Gasteiger partial charge in [0, 0.05) is 6.15 Å². The minimum atomic E-state index is -0.804. The second-order valence-corrected chi connectivity index (χ2v) is 1.17. The van der Waals surface area contributed by atoms with E-state index >= 15 is 0 Å². The summed E-state index contributed by atoms with van der Waals surface area (Å²) in [6.45, 7) is 2.64. The molecule has 0 heterocycles. The Bertz CT molecular complexity index is 65.1. The maximum Gasteiger partial charge on any atom is 0.317 e. The number of nitrogens with one attached hydrogen (secondary N) is 1. The van der Waals surface area contributed by atoms with Crippen LogP contribution < -0.4 is 11.5 Å². The van der Waals surface area contributed by atoms with E-state index in [4.69, 9.17) is 5.11 Å². The second kappa shape index (κ2) is 6.39. The number of hydrogen-bond acceptors (Lipinski definition) is 2. The molecule has 0 fully saturated rings. The molecule has 0 bridgehead atoms. The molecule has 0 aromatic heterocycles. The monoisotopic (exact) mass is 117 g/mol. The Morgan fingerprint density at radius 3 is 2.38 bits per heavy atom. The number of hydrogen-bond donors (Lipinski definition) is 2. The highest BCUT2D eigenvalue weighted by Gasteiger charge is 1.88. The van der Waals surface area contributed by atoms with Crippen molar-refractivity contribution in [3.05, 3.63) is 0 Å². The van der Waals surface area contributed by atoms with Crippen molar-refractivity contribution < 1.29 is 9.90 Å². The Morgan fingerprint density at radius 1 is 1.75 bits per heavy atom. The highest BCUT2D eigenvalue weighted by molar-refractivity contribution is 5.68. The topological polar surface area (TPSA) is 79.8 Å². The van der Waals surface area contributed by atoms with E-state index in [0.29, 0.717) is 6.54 Å². The van der Waals surface area contributed by atoms with Crippen LogP contribution in [0.1, 0.15) is 6.92 Å². The van der Waals surface area contributed by atoms with Gasteiger partial charge in [-0.05, 0) is 6.54 Å². The number of carboxylic acid groups (broad SMARTS) is 1. The van der Waals surface area contributed by atoms with Gasteiger partial charge in [0.1, 0.15) is 0 Å². The van der Waals surface area contributed by atoms with Crippen molar-refractivity contribution in [2.24, 2.45) is 0 Å². The summed E-state index contributed by atoms with van der Waals surface area (Å²) in [6, 6.07) is 0. The largest absolute Gasteiger partial charge is 0.480 e. The van der Waals surface area contributed by atoms with Crippen molar-refractivity contribution in [2.75, 3.05) is 13.1 Å². The average Bonchev–Trinajstić information content (AvgIpc) is 1.61. The Balaban J connectivity index is 0. The summed E-state index contributed by atoms with van der Waals surface area (Å²) in [6.07, 6.45) is 0. The van der Waals surface area contributed by atoms with E-state index in [1.165, 1.54) is 0 Å². The normalized spacial score (nSPS) is 7.62. The first kappa shape index (κ1) is 10.4. The van der Waals surface area contributed by atoms with Gasteiger partial charge in [0.2, 0.25) is 0 Å². The van der Waals surface area contributed by atoms with Crippen LogP contribution >= 0.6 is 0 Å². The van der Waals surface area contributed by atoms with Gasteiger partial charge in [-0.3, -0.25) is 4.79 Å². The molecule has 4 nitrogen and oxygen atoms in total. The van der Waals surface area contributed by atoms with Crippen LogP contribution in [0.5, 0.6) is 0 Å². The first-order valence-corrected chi connectivity index (χ1v) is 2.20. The molecular weight excluding hydrogens is 108 g/mol. The highest BCUT2D eigenvalue weighted by atomic mass is 16.4. The lowest BCUT2D eigenvalue weighted by Crippen LogP contribution is -2.21. The van der Waals surface area contributed by atoms with E-state index in [0.717, 1.165) is 0 Å². The van der Waals surface area contributed by atoms with Crippen LogP contribution in [0.3, 0.4) is 0 Å². The number of likely N-dealkylation sites (N-methyl/N-ethyl adjacent to an activating group) is 1. The first-order chi connectivity index (χ1) is 3.27. The van der Waals surface area contributed by atoms with Crippen molar-refractivity contribution in [3.8, 4) is 0 Å². The van der Waals surface area contributed by atoms with Crippen LogP contribution in [0, 0.1) is 0 Å². The zero-order valence-electron chi connectivity index (χ0n) is 4.72. The predicted molar refractivity (Wildman–Crippen MR) is 28.3 cm³/mol. The van der Waals surface area contributed by atoms with Gasteiger partial charge < -0.3 is 10.4 Å².